The summed E-state index contributed by atoms with van der Waals surface area (Å²) in [6.07, 6.45) is 7.62. The number of carbonyl (C=O) groups excluding carboxylic acids is 1. The van der Waals surface area contributed by atoms with Crippen LogP contribution in [-0.2, 0) is 4.79 Å². The summed E-state index contributed by atoms with van der Waals surface area (Å²) >= 11 is 0. The van der Waals surface area contributed by atoms with Crippen LogP contribution in [0.25, 0.3) is 0 Å². The van der Waals surface area contributed by atoms with Gasteiger partial charge in [-0.1, -0.05) is 5.16 Å². The molecule has 138 valence electrons. The van der Waals surface area contributed by atoms with Crippen molar-refractivity contribution in [3.05, 3.63) is 5.82 Å². The second-order valence-corrected chi connectivity index (χ2v) is 7.65. The molecule has 1 aromatic heterocycles. The quantitative estimate of drug-likeness (QED) is 0.831. The summed E-state index contributed by atoms with van der Waals surface area (Å²) in [5.41, 5.74) is 0. The molecule has 4 heterocycles. The van der Waals surface area contributed by atoms with E-state index in [9.17, 15) is 4.79 Å². The smallest absolute Gasteiger partial charge is 0.324 e. The highest BCUT2D eigenvalue weighted by molar-refractivity contribution is 5.78. The molecule has 4 rings (SSSR count). The molecule has 7 nitrogen and oxygen atoms in total. The summed E-state index contributed by atoms with van der Waals surface area (Å²) in [4.78, 5) is 23.4. The number of piperidine rings is 1. The second-order valence-electron chi connectivity index (χ2n) is 7.65. The summed E-state index contributed by atoms with van der Waals surface area (Å²) < 4.78 is 5.33. The van der Waals surface area contributed by atoms with Gasteiger partial charge in [-0.15, -0.1) is 0 Å². The summed E-state index contributed by atoms with van der Waals surface area (Å²) in [7, 11) is 0. The van der Waals surface area contributed by atoms with Crippen LogP contribution >= 0.6 is 0 Å². The highest BCUT2D eigenvalue weighted by atomic mass is 16.5. The van der Waals surface area contributed by atoms with Gasteiger partial charge in [0.05, 0.1) is 0 Å². The van der Waals surface area contributed by atoms with Crippen molar-refractivity contribution in [3.8, 4) is 0 Å². The zero-order valence-electron chi connectivity index (χ0n) is 15.2. The molecule has 0 aromatic carbocycles. The van der Waals surface area contributed by atoms with Gasteiger partial charge in [0, 0.05) is 51.2 Å². The van der Waals surface area contributed by atoms with E-state index in [4.69, 9.17) is 4.52 Å². The van der Waals surface area contributed by atoms with Gasteiger partial charge in [-0.2, -0.15) is 4.98 Å². The van der Waals surface area contributed by atoms with Crippen molar-refractivity contribution in [2.75, 3.05) is 37.6 Å². The van der Waals surface area contributed by atoms with Crippen LogP contribution in [0.2, 0.25) is 0 Å². The van der Waals surface area contributed by atoms with Crippen LogP contribution in [0.3, 0.4) is 0 Å². The Morgan fingerprint density at radius 1 is 0.960 bits per heavy atom. The van der Waals surface area contributed by atoms with Crippen molar-refractivity contribution < 1.29 is 9.32 Å². The van der Waals surface area contributed by atoms with Gasteiger partial charge in [0.2, 0.25) is 5.91 Å². The van der Waals surface area contributed by atoms with Crippen molar-refractivity contribution in [1.82, 2.24) is 19.9 Å². The minimum absolute atomic E-state index is 0.374. The van der Waals surface area contributed by atoms with Gasteiger partial charge < -0.3 is 19.2 Å². The number of amides is 1. The van der Waals surface area contributed by atoms with Crippen LogP contribution in [0, 0.1) is 6.92 Å². The first-order valence-corrected chi connectivity index (χ1v) is 9.79. The highest BCUT2D eigenvalue weighted by Crippen LogP contribution is 2.26. The lowest BCUT2D eigenvalue weighted by Crippen LogP contribution is -2.48. The monoisotopic (exact) mass is 347 g/mol. The van der Waals surface area contributed by atoms with E-state index in [2.05, 4.69) is 24.8 Å². The van der Waals surface area contributed by atoms with E-state index in [1.807, 2.05) is 6.92 Å². The maximum absolute atomic E-state index is 12.0. The number of hydrogen-bond donors (Lipinski definition) is 0. The lowest BCUT2D eigenvalue weighted by molar-refractivity contribution is -0.130. The Morgan fingerprint density at radius 3 is 2.44 bits per heavy atom. The summed E-state index contributed by atoms with van der Waals surface area (Å²) in [5.74, 6) is 1.08. The predicted octanol–water partition coefficient (Wildman–Crippen LogP) is 1.82. The van der Waals surface area contributed by atoms with E-state index in [-0.39, 0.29) is 0 Å². The molecule has 3 aliphatic rings. The largest absolute Gasteiger partial charge is 0.340 e. The van der Waals surface area contributed by atoms with E-state index in [0.29, 0.717) is 29.8 Å². The fourth-order valence-electron chi connectivity index (χ4n) is 4.67. The first kappa shape index (κ1) is 16.8. The van der Waals surface area contributed by atoms with E-state index in [0.717, 1.165) is 71.2 Å². The maximum atomic E-state index is 12.0. The van der Waals surface area contributed by atoms with E-state index in [1.165, 1.54) is 6.42 Å². The number of hydrogen-bond acceptors (Lipinski definition) is 6. The van der Waals surface area contributed by atoms with Crippen molar-refractivity contribution in [3.63, 3.8) is 0 Å². The van der Waals surface area contributed by atoms with Gasteiger partial charge in [-0.05, 0) is 45.4 Å². The number of nitrogens with zero attached hydrogens (tertiary/aromatic N) is 5. The number of carbonyl (C=O) groups is 1. The molecule has 0 bridgehead atoms. The Bertz CT molecular complexity index is 596. The summed E-state index contributed by atoms with van der Waals surface area (Å²) in [5, 5.41) is 3.91. The average molecular weight is 347 g/mol. The first-order valence-electron chi connectivity index (χ1n) is 9.79. The molecule has 0 N–H and O–H groups in total. The third-order valence-corrected chi connectivity index (χ3v) is 6.05. The molecule has 1 atom stereocenters. The van der Waals surface area contributed by atoms with Crippen molar-refractivity contribution >= 4 is 11.9 Å². The lowest BCUT2D eigenvalue weighted by atomic mass is 9.99. The SMILES string of the molecule is Cc1noc(N2CCCC(N3CCC(N4CCCC4=O)CC3)CC2)n1. The molecule has 3 saturated heterocycles. The van der Waals surface area contributed by atoms with Crippen LogP contribution in [0.4, 0.5) is 6.01 Å². The Morgan fingerprint density at radius 2 is 1.76 bits per heavy atom. The number of likely N-dealkylation sites (tertiary alicyclic amines) is 2. The molecule has 0 aliphatic carbocycles. The summed E-state index contributed by atoms with van der Waals surface area (Å²) in [6.45, 7) is 7.07. The second kappa shape index (κ2) is 7.32. The molecule has 0 spiro atoms. The van der Waals surface area contributed by atoms with Gasteiger partial charge in [0.25, 0.3) is 0 Å². The Labute approximate surface area is 149 Å². The van der Waals surface area contributed by atoms with Crippen LogP contribution in [0.15, 0.2) is 4.52 Å². The Hall–Kier alpha value is -1.63. The van der Waals surface area contributed by atoms with Crippen LogP contribution < -0.4 is 4.90 Å². The van der Waals surface area contributed by atoms with Crippen LogP contribution in [0.5, 0.6) is 0 Å². The lowest BCUT2D eigenvalue weighted by Gasteiger charge is -2.40. The average Bonchev–Trinajstić information content (AvgIpc) is 3.16. The zero-order valence-corrected chi connectivity index (χ0v) is 15.2. The molecular weight excluding hydrogens is 318 g/mol. The topological polar surface area (TPSA) is 65.7 Å². The van der Waals surface area contributed by atoms with Crippen LogP contribution in [-0.4, -0.2) is 70.7 Å². The summed E-state index contributed by atoms with van der Waals surface area (Å²) in [6, 6.07) is 1.79. The third kappa shape index (κ3) is 3.66. The minimum Gasteiger partial charge on any atom is -0.340 e. The van der Waals surface area contributed by atoms with Gasteiger partial charge in [-0.25, -0.2) is 0 Å². The highest BCUT2D eigenvalue weighted by Gasteiger charge is 2.33. The van der Waals surface area contributed by atoms with Crippen molar-refractivity contribution in [1.29, 1.82) is 0 Å². The molecular formula is C18H29N5O2. The molecule has 1 unspecified atom stereocenters. The van der Waals surface area contributed by atoms with E-state index < -0.39 is 0 Å². The molecule has 1 aromatic rings. The number of anilines is 1. The van der Waals surface area contributed by atoms with E-state index in [1.54, 1.807) is 0 Å². The normalized spacial score (nSPS) is 27.1. The van der Waals surface area contributed by atoms with Gasteiger partial charge in [0.1, 0.15) is 0 Å². The molecule has 7 heteroatoms. The standard InChI is InChI=1S/C18H29N5O2/c1-14-19-18(25-20-14)22-9-2-4-15(6-13-22)21-11-7-16(8-12-21)23-10-3-5-17(23)24/h15-16H,2-13H2,1H3. The zero-order chi connectivity index (χ0) is 17.2. The fraction of sp³-hybridized carbons (Fsp3) is 0.833. The number of rotatable bonds is 3. The van der Waals surface area contributed by atoms with E-state index >= 15 is 0 Å². The predicted molar refractivity (Wildman–Crippen MR) is 94.4 cm³/mol. The van der Waals surface area contributed by atoms with Gasteiger partial charge in [0.15, 0.2) is 5.82 Å². The van der Waals surface area contributed by atoms with Crippen LogP contribution in [0.1, 0.15) is 50.8 Å². The first-order chi connectivity index (χ1) is 12.2. The molecule has 1 amide bonds. The van der Waals surface area contributed by atoms with Gasteiger partial charge >= 0.3 is 6.01 Å². The third-order valence-electron chi connectivity index (χ3n) is 6.05. The Kier molecular flexibility index (Phi) is 4.92. The van der Waals surface area contributed by atoms with Crippen molar-refractivity contribution in [2.45, 2.75) is 64.0 Å². The van der Waals surface area contributed by atoms with Gasteiger partial charge in [-0.3, -0.25) is 4.79 Å². The molecule has 25 heavy (non-hydrogen) atoms. The number of aryl methyl sites for hydroxylation is 1. The molecule has 0 radical (unpaired) electrons. The molecule has 3 fully saturated rings. The minimum atomic E-state index is 0.374. The fourth-order valence-corrected chi connectivity index (χ4v) is 4.67. The molecule has 0 saturated carbocycles. The number of aromatic nitrogens is 2. The Balaban J connectivity index is 1.29. The maximum Gasteiger partial charge on any atom is 0.324 e. The van der Waals surface area contributed by atoms with Crippen molar-refractivity contribution in [2.24, 2.45) is 0 Å². The molecule has 3 aliphatic heterocycles.